The van der Waals surface area contributed by atoms with Crippen LogP contribution in [0.25, 0.3) is 0 Å². The van der Waals surface area contributed by atoms with E-state index in [9.17, 15) is 0 Å². The number of benzene rings is 1. The molecule has 4 heteroatoms. The van der Waals surface area contributed by atoms with Crippen molar-refractivity contribution in [2.45, 2.75) is 19.4 Å². The predicted octanol–water partition coefficient (Wildman–Crippen LogP) is 1.40. The lowest BCUT2D eigenvalue weighted by Crippen LogP contribution is -2.19. The maximum absolute atomic E-state index is 6.11. The number of ether oxygens (including phenoxy) is 2. The second-order valence-electron chi connectivity index (χ2n) is 4.30. The summed E-state index contributed by atoms with van der Waals surface area (Å²) in [4.78, 5) is 0. The third-order valence-electron chi connectivity index (χ3n) is 2.88. The molecule has 1 aliphatic heterocycles. The first-order valence-corrected chi connectivity index (χ1v) is 5.56. The van der Waals surface area contributed by atoms with E-state index < -0.39 is 0 Å². The van der Waals surface area contributed by atoms with Crippen LogP contribution in [0.5, 0.6) is 11.5 Å². The molecule has 0 radical (unpaired) electrons. The summed E-state index contributed by atoms with van der Waals surface area (Å²) in [5, 5.41) is 0. The normalized spacial score (nSPS) is 17.2. The molecule has 0 aromatic heterocycles. The molecule has 2 atom stereocenters. The Labute approximate surface area is 95.5 Å². The number of hydrogen-bond donors (Lipinski definition) is 2. The van der Waals surface area contributed by atoms with Crippen molar-refractivity contribution in [3.05, 3.63) is 23.8 Å². The molecule has 0 bridgehead atoms. The largest absolute Gasteiger partial charge is 0.454 e. The monoisotopic (exact) mass is 222 g/mol. The Hall–Kier alpha value is -1.26. The third kappa shape index (κ3) is 2.28. The van der Waals surface area contributed by atoms with Crippen molar-refractivity contribution in [2.75, 3.05) is 13.3 Å². The number of hydrogen-bond acceptors (Lipinski definition) is 4. The van der Waals surface area contributed by atoms with E-state index in [-0.39, 0.29) is 6.04 Å². The summed E-state index contributed by atoms with van der Waals surface area (Å²) in [7, 11) is 0. The SMILES string of the molecule is CC(CN)CC(N)c1ccc2c(c1)OCO2. The molecule has 4 N–H and O–H groups in total. The zero-order chi connectivity index (χ0) is 11.5. The van der Waals surface area contributed by atoms with Gasteiger partial charge in [-0.15, -0.1) is 0 Å². The molecule has 16 heavy (non-hydrogen) atoms. The maximum atomic E-state index is 6.11. The van der Waals surface area contributed by atoms with Crippen LogP contribution in [0.4, 0.5) is 0 Å². The molecule has 0 saturated carbocycles. The highest BCUT2D eigenvalue weighted by atomic mass is 16.7. The van der Waals surface area contributed by atoms with Gasteiger partial charge < -0.3 is 20.9 Å². The summed E-state index contributed by atoms with van der Waals surface area (Å²) >= 11 is 0. The second-order valence-corrected chi connectivity index (χ2v) is 4.30. The average molecular weight is 222 g/mol. The molecule has 1 aromatic rings. The summed E-state index contributed by atoms with van der Waals surface area (Å²) in [6.45, 7) is 3.07. The van der Waals surface area contributed by atoms with E-state index in [0.29, 0.717) is 19.3 Å². The standard InChI is InChI=1S/C12H18N2O2/c1-8(6-13)4-10(14)9-2-3-11-12(5-9)16-7-15-11/h2-3,5,8,10H,4,6-7,13-14H2,1H3. The van der Waals surface area contributed by atoms with E-state index in [2.05, 4.69) is 6.92 Å². The van der Waals surface area contributed by atoms with Gasteiger partial charge in [0.05, 0.1) is 0 Å². The van der Waals surface area contributed by atoms with Gasteiger partial charge in [0.25, 0.3) is 0 Å². The molecule has 0 spiro atoms. The van der Waals surface area contributed by atoms with Crippen LogP contribution in [0.3, 0.4) is 0 Å². The average Bonchev–Trinajstić information content (AvgIpc) is 2.75. The van der Waals surface area contributed by atoms with Gasteiger partial charge in [-0.3, -0.25) is 0 Å². The van der Waals surface area contributed by atoms with Crippen LogP contribution in [-0.2, 0) is 0 Å². The molecule has 0 saturated heterocycles. The minimum Gasteiger partial charge on any atom is -0.454 e. The highest BCUT2D eigenvalue weighted by molar-refractivity contribution is 5.45. The summed E-state index contributed by atoms with van der Waals surface area (Å²) < 4.78 is 10.6. The second kappa shape index (κ2) is 4.72. The molecule has 1 aliphatic rings. The molecular weight excluding hydrogens is 204 g/mol. The number of rotatable bonds is 4. The van der Waals surface area contributed by atoms with Crippen LogP contribution in [0, 0.1) is 5.92 Å². The van der Waals surface area contributed by atoms with Crippen molar-refractivity contribution in [2.24, 2.45) is 17.4 Å². The van der Waals surface area contributed by atoms with Gasteiger partial charge in [0, 0.05) is 6.04 Å². The van der Waals surface area contributed by atoms with E-state index in [4.69, 9.17) is 20.9 Å². The fourth-order valence-electron chi connectivity index (χ4n) is 1.81. The zero-order valence-corrected chi connectivity index (χ0v) is 9.48. The maximum Gasteiger partial charge on any atom is 0.231 e. The Balaban J connectivity index is 2.09. The lowest BCUT2D eigenvalue weighted by molar-refractivity contribution is 0.174. The van der Waals surface area contributed by atoms with Gasteiger partial charge >= 0.3 is 0 Å². The Morgan fingerprint density at radius 1 is 1.31 bits per heavy atom. The van der Waals surface area contributed by atoms with Crippen molar-refractivity contribution < 1.29 is 9.47 Å². The summed E-state index contributed by atoms with van der Waals surface area (Å²) in [6.07, 6.45) is 0.885. The van der Waals surface area contributed by atoms with E-state index in [1.807, 2.05) is 18.2 Å². The highest BCUT2D eigenvalue weighted by Crippen LogP contribution is 2.34. The predicted molar refractivity (Wildman–Crippen MR) is 62.3 cm³/mol. The topological polar surface area (TPSA) is 70.5 Å². The van der Waals surface area contributed by atoms with Gasteiger partial charge in [0.15, 0.2) is 11.5 Å². The van der Waals surface area contributed by atoms with Crippen LogP contribution < -0.4 is 20.9 Å². The Kier molecular flexibility index (Phi) is 3.31. The molecular formula is C12H18N2O2. The van der Waals surface area contributed by atoms with Crippen molar-refractivity contribution in [1.29, 1.82) is 0 Å². The zero-order valence-electron chi connectivity index (χ0n) is 9.48. The highest BCUT2D eigenvalue weighted by Gasteiger charge is 2.16. The van der Waals surface area contributed by atoms with Gasteiger partial charge in [0.2, 0.25) is 6.79 Å². The first kappa shape index (κ1) is 11.2. The van der Waals surface area contributed by atoms with Gasteiger partial charge in [-0.1, -0.05) is 13.0 Å². The van der Waals surface area contributed by atoms with Gasteiger partial charge in [0.1, 0.15) is 0 Å². The van der Waals surface area contributed by atoms with Crippen molar-refractivity contribution >= 4 is 0 Å². The minimum atomic E-state index is 0.00745. The van der Waals surface area contributed by atoms with Crippen LogP contribution in [0.1, 0.15) is 24.9 Å². The first-order chi connectivity index (χ1) is 7.70. The van der Waals surface area contributed by atoms with Crippen LogP contribution in [-0.4, -0.2) is 13.3 Å². The number of fused-ring (bicyclic) bond motifs is 1. The van der Waals surface area contributed by atoms with E-state index in [1.54, 1.807) is 0 Å². The molecule has 2 rings (SSSR count). The Morgan fingerprint density at radius 3 is 2.81 bits per heavy atom. The van der Waals surface area contributed by atoms with Gasteiger partial charge in [-0.2, -0.15) is 0 Å². The fourth-order valence-corrected chi connectivity index (χ4v) is 1.81. The molecule has 0 aliphatic carbocycles. The molecule has 1 aromatic carbocycles. The van der Waals surface area contributed by atoms with Crippen molar-refractivity contribution in [3.63, 3.8) is 0 Å². The van der Waals surface area contributed by atoms with Gasteiger partial charge in [-0.05, 0) is 36.6 Å². The summed E-state index contributed by atoms with van der Waals surface area (Å²) in [5.74, 6) is 2.01. The molecule has 0 amide bonds. The molecule has 1 heterocycles. The smallest absolute Gasteiger partial charge is 0.231 e. The van der Waals surface area contributed by atoms with Crippen LogP contribution in [0.2, 0.25) is 0 Å². The van der Waals surface area contributed by atoms with Crippen LogP contribution >= 0.6 is 0 Å². The molecule has 2 unspecified atom stereocenters. The van der Waals surface area contributed by atoms with Crippen molar-refractivity contribution in [3.8, 4) is 11.5 Å². The molecule has 88 valence electrons. The Morgan fingerprint density at radius 2 is 2.06 bits per heavy atom. The Bertz CT molecular complexity index is 368. The number of nitrogens with two attached hydrogens (primary N) is 2. The first-order valence-electron chi connectivity index (χ1n) is 5.56. The molecule has 4 nitrogen and oxygen atoms in total. The van der Waals surface area contributed by atoms with Crippen LogP contribution in [0.15, 0.2) is 18.2 Å². The quantitative estimate of drug-likeness (QED) is 0.807. The molecule has 0 fully saturated rings. The van der Waals surface area contributed by atoms with E-state index in [0.717, 1.165) is 23.5 Å². The van der Waals surface area contributed by atoms with E-state index in [1.165, 1.54) is 0 Å². The lowest BCUT2D eigenvalue weighted by Gasteiger charge is -2.16. The summed E-state index contributed by atoms with van der Waals surface area (Å²) in [5.41, 5.74) is 12.8. The lowest BCUT2D eigenvalue weighted by atomic mass is 9.96. The van der Waals surface area contributed by atoms with Gasteiger partial charge in [-0.25, -0.2) is 0 Å². The van der Waals surface area contributed by atoms with Crippen molar-refractivity contribution in [1.82, 2.24) is 0 Å². The summed E-state index contributed by atoms with van der Waals surface area (Å²) in [6, 6.07) is 5.86. The minimum absolute atomic E-state index is 0.00745. The van der Waals surface area contributed by atoms with E-state index >= 15 is 0 Å². The third-order valence-corrected chi connectivity index (χ3v) is 2.88. The fraction of sp³-hybridized carbons (Fsp3) is 0.500.